The third-order valence-corrected chi connectivity index (χ3v) is 7.27. The molecule has 1 aliphatic heterocycles. The van der Waals surface area contributed by atoms with Crippen LogP contribution in [0.2, 0.25) is 5.02 Å². The van der Waals surface area contributed by atoms with Crippen molar-refractivity contribution in [1.29, 1.82) is 0 Å². The molecule has 3 aromatic carbocycles. The van der Waals surface area contributed by atoms with Crippen LogP contribution in [-0.2, 0) is 9.59 Å². The van der Waals surface area contributed by atoms with Gasteiger partial charge in [-0.25, -0.2) is 9.07 Å². The van der Waals surface area contributed by atoms with E-state index in [0.29, 0.717) is 32.9 Å². The summed E-state index contributed by atoms with van der Waals surface area (Å²) in [5.41, 5.74) is 7.29. The molecule has 0 spiro atoms. The predicted molar refractivity (Wildman–Crippen MR) is 134 cm³/mol. The molecular weight excluding hydrogens is 505 g/mol. The molecule has 2 N–H and O–H groups in total. The van der Waals surface area contributed by atoms with E-state index >= 15 is 0 Å². The molecule has 2 heterocycles. The number of amides is 2. The van der Waals surface area contributed by atoms with E-state index in [-0.39, 0.29) is 11.7 Å². The van der Waals surface area contributed by atoms with E-state index in [4.69, 9.17) is 17.3 Å². The number of primary amides is 1. The topological polar surface area (TPSA) is 81.2 Å². The predicted octanol–water partition coefficient (Wildman–Crippen LogP) is 5.67. The number of halogens is 4. The molecule has 1 fully saturated rings. The lowest BCUT2D eigenvalue weighted by molar-refractivity contribution is -0.145. The van der Waals surface area contributed by atoms with Crippen LogP contribution in [0.5, 0.6) is 0 Å². The third-order valence-electron chi connectivity index (χ3n) is 6.93. The van der Waals surface area contributed by atoms with Crippen LogP contribution < -0.4 is 10.6 Å². The van der Waals surface area contributed by atoms with Crippen molar-refractivity contribution in [3.05, 3.63) is 89.3 Å². The second-order valence-corrected chi connectivity index (χ2v) is 9.58. The van der Waals surface area contributed by atoms with Crippen molar-refractivity contribution in [3.8, 4) is 5.69 Å². The van der Waals surface area contributed by atoms with Crippen LogP contribution in [0.1, 0.15) is 24.9 Å². The molecule has 5 rings (SSSR count). The van der Waals surface area contributed by atoms with Gasteiger partial charge >= 0.3 is 5.92 Å². The minimum Gasteiger partial charge on any atom is -0.364 e. The second kappa shape index (κ2) is 9.23. The Morgan fingerprint density at radius 2 is 1.76 bits per heavy atom. The molecule has 1 aliphatic rings. The summed E-state index contributed by atoms with van der Waals surface area (Å²) in [4.78, 5) is 26.4. The zero-order valence-electron chi connectivity index (χ0n) is 19.6. The van der Waals surface area contributed by atoms with E-state index in [2.05, 4.69) is 5.10 Å². The Morgan fingerprint density at radius 3 is 2.43 bits per heavy atom. The van der Waals surface area contributed by atoms with Crippen molar-refractivity contribution < 1.29 is 22.8 Å². The third kappa shape index (κ3) is 4.33. The maximum absolute atomic E-state index is 14.5. The summed E-state index contributed by atoms with van der Waals surface area (Å²) in [6.45, 7) is 1.57. The number of benzene rings is 3. The fraction of sp³-hybridized carbons (Fsp3) is 0.222. The maximum Gasteiger partial charge on any atom is 0.324 e. The lowest BCUT2D eigenvalue weighted by Gasteiger charge is -2.31. The van der Waals surface area contributed by atoms with Crippen LogP contribution >= 0.6 is 11.6 Å². The average molecular weight is 527 g/mol. The first-order valence-corrected chi connectivity index (χ1v) is 12.0. The van der Waals surface area contributed by atoms with Gasteiger partial charge in [0.05, 0.1) is 23.4 Å². The van der Waals surface area contributed by atoms with Gasteiger partial charge in [-0.2, -0.15) is 13.9 Å². The molecule has 0 unspecified atom stereocenters. The second-order valence-electron chi connectivity index (χ2n) is 9.18. The average Bonchev–Trinajstić information content (AvgIpc) is 3.39. The molecule has 2 amide bonds. The first-order chi connectivity index (χ1) is 17.6. The molecule has 190 valence electrons. The van der Waals surface area contributed by atoms with Gasteiger partial charge in [-0.05, 0) is 54.1 Å². The zero-order chi connectivity index (χ0) is 26.5. The molecule has 1 aromatic heterocycles. The van der Waals surface area contributed by atoms with E-state index in [1.807, 2.05) is 0 Å². The lowest BCUT2D eigenvalue weighted by atomic mass is 9.83. The number of nitrogens with two attached hydrogens (primary N) is 1. The van der Waals surface area contributed by atoms with Crippen LogP contribution in [0.4, 0.5) is 18.9 Å². The van der Waals surface area contributed by atoms with Gasteiger partial charge in [-0.15, -0.1) is 0 Å². The van der Waals surface area contributed by atoms with Crippen molar-refractivity contribution in [3.63, 3.8) is 0 Å². The smallest absolute Gasteiger partial charge is 0.324 e. The lowest BCUT2D eigenvalue weighted by Crippen LogP contribution is -2.39. The molecule has 0 aliphatic carbocycles. The van der Waals surface area contributed by atoms with Crippen LogP contribution in [0.3, 0.4) is 0 Å². The molecule has 10 heteroatoms. The molecular formula is C27H22ClF3N4O2. The van der Waals surface area contributed by atoms with Crippen molar-refractivity contribution in [2.24, 2.45) is 17.6 Å². The standard InChI is InChI=1S/C27H22ClF3N4O2/c1-15-21(13-27(30,31)26(32)37)24(20-4-2-3-5-22(20)28)34(25(15)36)19-10-11-23-16(12-19)14-33-35(23)18-8-6-17(29)7-9-18/h2-12,14-15,21,24H,13H2,1H3,(H2,32,37)/t15-,21-,24-/m0/s1. The summed E-state index contributed by atoms with van der Waals surface area (Å²) >= 11 is 6.47. The molecule has 6 nitrogen and oxygen atoms in total. The van der Waals surface area contributed by atoms with Crippen LogP contribution in [0, 0.1) is 17.7 Å². The number of fused-ring (bicyclic) bond motifs is 1. The summed E-state index contributed by atoms with van der Waals surface area (Å²) in [6, 6.07) is 16.9. The van der Waals surface area contributed by atoms with Crippen LogP contribution in [0.15, 0.2) is 72.9 Å². The number of hydrogen-bond acceptors (Lipinski definition) is 3. The number of anilines is 1. The van der Waals surface area contributed by atoms with Gasteiger partial charge in [0.25, 0.3) is 5.91 Å². The summed E-state index contributed by atoms with van der Waals surface area (Å²) in [7, 11) is 0. The normalized spacial score (nSPS) is 20.1. The Bertz CT molecular complexity index is 1510. The monoisotopic (exact) mass is 526 g/mol. The van der Waals surface area contributed by atoms with Gasteiger partial charge in [0, 0.05) is 34.4 Å². The Kier molecular flexibility index (Phi) is 6.19. The van der Waals surface area contributed by atoms with E-state index in [1.54, 1.807) is 72.4 Å². The van der Waals surface area contributed by atoms with Gasteiger partial charge in [0.15, 0.2) is 0 Å². The Hall–Kier alpha value is -3.85. The molecule has 0 radical (unpaired) electrons. The first-order valence-electron chi connectivity index (χ1n) is 11.6. The number of hydrogen-bond donors (Lipinski definition) is 1. The molecule has 4 aromatic rings. The quantitative estimate of drug-likeness (QED) is 0.351. The Balaban J connectivity index is 1.60. The zero-order valence-corrected chi connectivity index (χ0v) is 20.4. The van der Waals surface area contributed by atoms with Gasteiger partial charge in [0.2, 0.25) is 5.91 Å². The molecule has 37 heavy (non-hydrogen) atoms. The van der Waals surface area contributed by atoms with E-state index < -0.39 is 36.1 Å². The van der Waals surface area contributed by atoms with E-state index in [1.165, 1.54) is 17.0 Å². The number of nitrogens with zero attached hydrogens (tertiary/aromatic N) is 3. The highest BCUT2D eigenvalue weighted by molar-refractivity contribution is 6.31. The van der Waals surface area contributed by atoms with Crippen LogP contribution in [-0.4, -0.2) is 27.5 Å². The number of rotatable bonds is 6. The van der Waals surface area contributed by atoms with E-state index in [0.717, 1.165) is 0 Å². The summed E-state index contributed by atoms with van der Waals surface area (Å²) in [5.74, 6) is -8.05. The van der Waals surface area contributed by atoms with Gasteiger partial charge in [0.1, 0.15) is 5.82 Å². The van der Waals surface area contributed by atoms with Crippen molar-refractivity contribution >= 4 is 40.0 Å². The number of carbonyl (C=O) groups is 2. The number of alkyl halides is 2. The largest absolute Gasteiger partial charge is 0.364 e. The van der Waals surface area contributed by atoms with E-state index in [9.17, 15) is 22.8 Å². The summed E-state index contributed by atoms with van der Waals surface area (Å²) in [5, 5.41) is 5.39. The SMILES string of the molecule is C[C@@H]1C(=O)N(c2ccc3c(cnn3-c3ccc(F)cc3)c2)[C@@H](c2ccccc2Cl)[C@H]1CC(F)(F)C(N)=O. The Morgan fingerprint density at radius 1 is 1.08 bits per heavy atom. The van der Waals surface area contributed by atoms with Crippen molar-refractivity contribution in [2.45, 2.75) is 25.3 Å². The minimum atomic E-state index is -3.80. The van der Waals surface area contributed by atoms with Gasteiger partial charge in [-0.3, -0.25) is 9.59 Å². The van der Waals surface area contributed by atoms with Gasteiger partial charge in [-0.1, -0.05) is 36.7 Å². The van der Waals surface area contributed by atoms with Gasteiger partial charge < -0.3 is 10.6 Å². The highest BCUT2D eigenvalue weighted by Gasteiger charge is 2.52. The maximum atomic E-state index is 14.5. The number of aromatic nitrogens is 2. The highest BCUT2D eigenvalue weighted by atomic mass is 35.5. The summed E-state index contributed by atoms with van der Waals surface area (Å²) in [6.07, 6.45) is 0.710. The molecule has 3 atom stereocenters. The fourth-order valence-electron chi connectivity index (χ4n) is 5.02. The molecule has 0 saturated carbocycles. The first kappa shape index (κ1) is 24.8. The molecule has 1 saturated heterocycles. The minimum absolute atomic E-state index is 0.317. The molecule has 0 bridgehead atoms. The van der Waals surface area contributed by atoms with Crippen LogP contribution in [0.25, 0.3) is 16.6 Å². The van der Waals surface area contributed by atoms with Crippen molar-refractivity contribution in [2.75, 3.05) is 4.90 Å². The van der Waals surface area contributed by atoms with Crippen molar-refractivity contribution in [1.82, 2.24) is 9.78 Å². The fourth-order valence-corrected chi connectivity index (χ4v) is 5.27. The Labute approximate surface area is 215 Å². The number of carbonyl (C=O) groups excluding carboxylic acids is 2. The summed E-state index contributed by atoms with van der Waals surface area (Å²) < 4.78 is 44.1. The highest BCUT2D eigenvalue weighted by Crippen LogP contribution is 2.50.